The predicted molar refractivity (Wildman–Crippen MR) is 191 cm³/mol. The Kier molecular flexibility index (Phi) is 11.0. The van der Waals surface area contributed by atoms with Gasteiger partial charge in [0, 0.05) is 11.8 Å². The molecular formula is C41H57BO3. The molecule has 0 bridgehead atoms. The smallest absolute Gasteiger partial charge is 0.399 e. The van der Waals surface area contributed by atoms with E-state index < -0.39 is 0 Å². The van der Waals surface area contributed by atoms with Crippen molar-refractivity contribution in [2.24, 2.45) is 0 Å². The molecule has 4 heteroatoms. The summed E-state index contributed by atoms with van der Waals surface area (Å²) in [5.41, 5.74) is 9.46. The lowest BCUT2D eigenvalue weighted by Crippen LogP contribution is -2.41. The van der Waals surface area contributed by atoms with Crippen LogP contribution >= 0.6 is 0 Å². The fraction of sp³-hybridized carbons (Fsp3) is 0.585. The van der Waals surface area contributed by atoms with E-state index in [-0.39, 0.29) is 23.7 Å². The Hall–Kier alpha value is -2.43. The second kappa shape index (κ2) is 14.6. The van der Waals surface area contributed by atoms with Crippen molar-refractivity contribution < 1.29 is 14.1 Å². The summed E-state index contributed by atoms with van der Waals surface area (Å²) in [6.45, 7) is 13.2. The number of rotatable bonds is 17. The van der Waals surface area contributed by atoms with Crippen LogP contribution in [0.1, 0.15) is 155 Å². The summed E-state index contributed by atoms with van der Waals surface area (Å²) in [4.78, 5) is 11.5. The second-order valence-corrected chi connectivity index (χ2v) is 15.0. The predicted octanol–water partition coefficient (Wildman–Crippen LogP) is 10.7. The third-order valence-electron chi connectivity index (χ3n) is 11.2. The van der Waals surface area contributed by atoms with Gasteiger partial charge in [0.25, 0.3) is 0 Å². The summed E-state index contributed by atoms with van der Waals surface area (Å²) < 4.78 is 13.1. The molecule has 0 radical (unpaired) electrons. The van der Waals surface area contributed by atoms with E-state index in [0.29, 0.717) is 0 Å². The molecule has 3 nitrogen and oxygen atoms in total. The molecule has 242 valence electrons. The van der Waals surface area contributed by atoms with Crippen LogP contribution in [-0.4, -0.2) is 24.6 Å². The first-order valence-electron chi connectivity index (χ1n) is 18.2. The summed E-state index contributed by atoms with van der Waals surface area (Å²) >= 11 is 0. The molecule has 0 saturated carbocycles. The number of fused-ring (bicyclic) bond motifs is 3. The molecule has 2 aliphatic carbocycles. The molecular weight excluding hydrogens is 551 g/mol. The van der Waals surface area contributed by atoms with Crippen LogP contribution in [0.2, 0.25) is 0 Å². The Labute approximate surface area is 274 Å². The fourth-order valence-electron chi connectivity index (χ4n) is 7.74. The fourth-order valence-corrected chi connectivity index (χ4v) is 7.74. The van der Waals surface area contributed by atoms with E-state index in [1.165, 1.54) is 123 Å². The van der Waals surface area contributed by atoms with Gasteiger partial charge in [-0.2, -0.15) is 0 Å². The Balaban J connectivity index is 1.53. The third kappa shape index (κ3) is 7.13. The van der Waals surface area contributed by atoms with E-state index in [1.807, 2.05) is 6.08 Å². The van der Waals surface area contributed by atoms with Gasteiger partial charge in [-0.15, -0.1) is 0 Å². The van der Waals surface area contributed by atoms with Crippen LogP contribution in [0, 0.1) is 0 Å². The van der Waals surface area contributed by atoms with Crippen LogP contribution in [-0.2, 0) is 19.5 Å². The number of hydrogen-bond acceptors (Lipinski definition) is 3. The number of benzene rings is 2. The maximum atomic E-state index is 11.5. The standard InChI is InChI=1S/C41H57BO3/c1-7-9-11-13-15-17-25-41(26-18-16-14-12-10-8-2)37-28-33(32-20-19-31(27-32)30-43)21-23-35(37)36-24-22-34(29-38(36)41)42-44-39(3,4)40(5,6)45-42/h19-24,28-30H,7-18,25-27H2,1-6H3. The first-order chi connectivity index (χ1) is 21.7. The van der Waals surface area contributed by atoms with E-state index >= 15 is 0 Å². The number of aldehydes is 1. The zero-order valence-electron chi connectivity index (χ0n) is 29.1. The van der Waals surface area contributed by atoms with Crippen molar-refractivity contribution in [3.63, 3.8) is 0 Å². The summed E-state index contributed by atoms with van der Waals surface area (Å²) in [5.74, 6) is 0. The van der Waals surface area contributed by atoms with Crippen molar-refractivity contribution in [1.29, 1.82) is 0 Å². The third-order valence-corrected chi connectivity index (χ3v) is 11.2. The van der Waals surface area contributed by atoms with Crippen LogP contribution in [0.5, 0.6) is 0 Å². The molecule has 0 N–H and O–H groups in total. The highest BCUT2D eigenvalue weighted by Gasteiger charge is 2.52. The van der Waals surface area contributed by atoms with Crippen LogP contribution in [0.4, 0.5) is 0 Å². The van der Waals surface area contributed by atoms with Crippen LogP contribution < -0.4 is 5.46 Å². The highest BCUT2D eigenvalue weighted by atomic mass is 16.7. The van der Waals surface area contributed by atoms with Gasteiger partial charge in [-0.25, -0.2) is 0 Å². The SMILES string of the molecule is CCCCCCCCC1(CCCCCCCC)c2cc(B3OC(C)(C)C(C)(C)O3)ccc2-c2ccc(C3=CC=C(C=O)C3)cc21. The van der Waals surface area contributed by atoms with Crippen molar-refractivity contribution in [3.8, 4) is 11.1 Å². The summed E-state index contributed by atoms with van der Waals surface area (Å²) in [5, 5.41) is 0. The zero-order valence-corrected chi connectivity index (χ0v) is 29.1. The van der Waals surface area contributed by atoms with E-state index in [1.54, 1.807) is 0 Å². The molecule has 1 heterocycles. The minimum absolute atomic E-state index is 0.0318. The molecule has 2 aromatic carbocycles. The molecule has 1 fully saturated rings. The molecule has 0 unspecified atom stereocenters. The number of hydrogen-bond donors (Lipinski definition) is 0. The minimum Gasteiger partial charge on any atom is -0.399 e. The van der Waals surface area contributed by atoms with Crippen LogP contribution in [0.3, 0.4) is 0 Å². The molecule has 2 aromatic rings. The number of unbranched alkanes of at least 4 members (excludes halogenated alkanes) is 10. The molecule has 1 aliphatic heterocycles. The van der Waals surface area contributed by atoms with Gasteiger partial charge in [-0.3, -0.25) is 4.79 Å². The van der Waals surface area contributed by atoms with Gasteiger partial charge >= 0.3 is 7.12 Å². The van der Waals surface area contributed by atoms with Crippen molar-refractivity contribution in [1.82, 2.24) is 0 Å². The first kappa shape index (κ1) is 33.9. The van der Waals surface area contributed by atoms with E-state index in [4.69, 9.17) is 9.31 Å². The van der Waals surface area contributed by atoms with Gasteiger partial charge in [0.15, 0.2) is 0 Å². The van der Waals surface area contributed by atoms with Gasteiger partial charge in [-0.1, -0.05) is 133 Å². The quantitative estimate of drug-likeness (QED) is 0.102. The highest BCUT2D eigenvalue weighted by molar-refractivity contribution is 6.62. The molecule has 0 spiro atoms. The lowest BCUT2D eigenvalue weighted by molar-refractivity contribution is -0.104. The maximum Gasteiger partial charge on any atom is 0.494 e. The highest BCUT2D eigenvalue weighted by Crippen LogP contribution is 2.55. The van der Waals surface area contributed by atoms with Crippen molar-refractivity contribution in [2.45, 2.75) is 154 Å². The molecule has 45 heavy (non-hydrogen) atoms. The van der Waals surface area contributed by atoms with Gasteiger partial charge in [-0.05, 0) is 91.0 Å². The maximum absolute atomic E-state index is 11.5. The van der Waals surface area contributed by atoms with Crippen molar-refractivity contribution in [3.05, 3.63) is 70.8 Å². The summed E-state index contributed by atoms with van der Waals surface area (Å²) in [6, 6.07) is 14.2. The molecule has 1 saturated heterocycles. The molecule has 3 aliphatic rings. The molecule has 0 aromatic heterocycles. The lowest BCUT2D eigenvalue weighted by Gasteiger charge is -2.33. The number of allylic oxidation sites excluding steroid dienone is 4. The Morgan fingerprint density at radius 1 is 0.689 bits per heavy atom. The Bertz CT molecular complexity index is 1370. The lowest BCUT2D eigenvalue weighted by atomic mass is 9.68. The largest absolute Gasteiger partial charge is 0.494 e. The Morgan fingerprint density at radius 3 is 1.78 bits per heavy atom. The zero-order chi connectivity index (χ0) is 32.1. The van der Waals surface area contributed by atoms with E-state index in [9.17, 15) is 4.79 Å². The number of carbonyl (C=O) groups excluding carboxylic acids is 1. The van der Waals surface area contributed by atoms with Crippen molar-refractivity contribution >= 4 is 24.4 Å². The monoisotopic (exact) mass is 608 g/mol. The van der Waals surface area contributed by atoms with Crippen molar-refractivity contribution in [2.75, 3.05) is 0 Å². The summed E-state index contributed by atoms with van der Waals surface area (Å²) in [7, 11) is -0.364. The minimum atomic E-state index is -0.369. The normalized spacial score (nSPS) is 18.9. The molecule has 0 amide bonds. The van der Waals surface area contributed by atoms with E-state index in [0.717, 1.165) is 23.7 Å². The average Bonchev–Trinajstić information content (AvgIpc) is 3.67. The molecule has 5 rings (SSSR count). The van der Waals surface area contributed by atoms with Gasteiger partial charge in [0.2, 0.25) is 0 Å². The van der Waals surface area contributed by atoms with Crippen LogP contribution in [0.25, 0.3) is 16.7 Å². The van der Waals surface area contributed by atoms with Gasteiger partial charge < -0.3 is 9.31 Å². The topological polar surface area (TPSA) is 35.5 Å². The average molecular weight is 609 g/mol. The molecule has 0 atom stereocenters. The van der Waals surface area contributed by atoms with Gasteiger partial charge in [0.05, 0.1) is 11.2 Å². The number of carbonyl (C=O) groups is 1. The van der Waals surface area contributed by atoms with E-state index in [2.05, 4.69) is 84.0 Å². The Morgan fingerprint density at radius 2 is 1.22 bits per heavy atom. The summed E-state index contributed by atoms with van der Waals surface area (Å²) in [6.07, 6.45) is 23.8. The first-order valence-corrected chi connectivity index (χ1v) is 18.2. The van der Waals surface area contributed by atoms with Crippen LogP contribution in [0.15, 0.2) is 54.1 Å². The van der Waals surface area contributed by atoms with Gasteiger partial charge in [0.1, 0.15) is 6.29 Å². The second-order valence-electron chi connectivity index (χ2n) is 15.0.